The summed E-state index contributed by atoms with van der Waals surface area (Å²) in [5.74, 6) is -0.285. The monoisotopic (exact) mass is 392 g/mol. The number of rotatable bonds is 3. The van der Waals surface area contributed by atoms with Gasteiger partial charge in [0.15, 0.2) is 6.61 Å². The molecule has 0 radical (unpaired) electrons. The van der Waals surface area contributed by atoms with Crippen LogP contribution in [0, 0.1) is 0 Å². The first kappa shape index (κ1) is 15.5. The molecule has 110 valence electrons. The Balaban J connectivity index is 2.33. The van der Waals surface area contributed by atoms with Crippen LogP contribution in [0.15, 0.2) is 28.5 Å². The maximum absolute atomic E-state index is 13.3. The lowest BCUT2D eigenvalue weighted by Gasteiger charge is -2.38. The van der Waals surface area contributed by atoms with Crippen LogP contribution in [0.4, 0.5) is 4.39 Å². The molecule has 20 heavy (non-hydrogen) atoms. The molecule has 0 aromatic rings. The normalized spacial score (nSPS) is 28.4. The number of halogens is 2. The Morgan fingerprint density at radius 1 is 1.50 bits per heavy atom. The van der Waals surface area contributed by atoms with Gasteiger partial charge in [-0.05, 0) is 45.4 Å². The maximum atomic E-state index is 13.3. The van der Waals surface area contributed by atoms with Gasteiger partial charge in [-0.1, -0.05) is 22.6 Å². The Morgan fingerprint density at radius 2 is 2.15 bits per heavy atom. The first-order valence-corrected chi connectivity index (χ1v) is 7.91. The summed E-state index contributed by atoms with van der Waals surface area (Å²) < 4.78 is 19.2. The Bertz CT molecular complexity index is 464. The van der Waals surface area contributed by atoms with Gasteiger partial charge in [-0.25, -0.2) is 9.38 Å². The summed E-state index contributed by atoms with van der Waals surface area (Å²) >= 11 is 2.44. The van der Waals surface area contributed by atoms with Crippen molar-refractivity contribution in [1.29, 1.82) is 0 Å². The highest BCUT2D eigenvalue weighted by Crippen LogP contribution is 2.33. The third kappa shape index (κ3) is 3.39. The SMILES string of the molecule is C=NC1=C(/C=C(\C)F)N(C2CCC(I)CC2)C(=O)CO1. The van der Waals surface area contributed by atoms with E-state index in [9.17, 15) is 9.18 Å². The first-order valence-electron chi connectivity index (χ1n) is 6.66. The van der Waals surface area contributed by atoms with Crippen molar-refractivity contribution in [1.82, 2.24) is 4.90 Å². The largest absolute Gasteiger partial charge is 0.466 e. The molecule has 2 aliphatic rings. The van der Waals surface area contributed by atoms with Crippen LogP contribution in [-0.2, 0) is 9.53 Å². The number of hydrogen-bond acceptors (Lipinski definition) is 3. The summed E-state index contributed by atoms with van der Waals surface area (Å²) in [6.07, 6.45) is 5.28. The first-order chi connectivity index (χ1) is 9.52. The summed E-state index contributed by atoms with van der Waals surface area (Å²) in [6, 6.07) is 0.0970. The molecule has 6 heteroatoms. The summed E-state index contributed by atoms with van der Waals surface area (Å²) in [5.41, 5.74) is 0.396. The van der Waals surface area contributed by atoms with Gasteiger partial charge >= 0.3 is 0 Å². The van der Waals surface area contributed by atoms with Crippen molar-refractivity contribution < 1.29 is 13.9 Å². The van der Waals surface area contributed by atoms with Crippen molar-refractivity contribution in [3.63, 3.8) is 0 Å². The average molecular weight is 392 g/mol. The van der Waals surface area contributed by atoms with Gasteiger partial charge in [-0.2, -0.15) is 0 Å². The molecule has 2 rings (SSSR count). The molecule has 1 saturated carbocycles. The molecule has 0 aromatic heterocycles. The molecule has 1 heterocycles. The highest BCUT2D eigenvalue weighted by Gasteiger charge is 2.34. The number of aliphatic imine (C=N–C) groups is 1. The number of allylic oxidation sites excluding steroid dienone is 2. The van der Waals surface area contributed by atoms with E-state index in [4.69, 9.17) is 4.74 Å². The number of amides is 1. The number of nitrogens with zero attached hydrogens (tertiary/aromatic N) is 2. The van der Waals surface area contributed by atoms with Gasteiger partial charge in [0.1, 0.15) is 5.70 Å². The van der Waals surface area contributed by atoms with Gasteiger partial charge < -0.3 is 9.64 Å². The third-order valence-corrected chi connectivity index (χ3v) is 4.80. The fourth-order valence-corrected chi connectivity index (χ4v) is 3.37. The predicted molar refractivity (Wildman–Crippen MR) is 84.3 cm³/mol. The zero-order valence-corrected chi connectivity index (χ0v) is 13.6. The van der Waals surface area contributed by atoms with Crippen LogP contribution in [0.3, 0.4) is 0 Å². The third-order valence-electron chi connectivity index (χ3n) is 3.55. The van der Waals surface area contributed by atoms with Crippen LogP contribution in [0.25, 0.3) is 0 Å². The second-order valence-corrected chi connectivity index (χ2v) is 6.80. The van der Waals surface area contributed by atoms with Gasteiger partial charge in [-0.3, -0.25) is 4.79 Å². The van der Waals surface area contributed by atoms with E-state index in [1.807, 2.05) is 0 Å². The molecule has 0 saturated heterocycles. The minimum absolute atomic E-state index is 0.0544. The molecule has 0 spiro atoms. The highest BCUT2D eigenvalue weighted by molar-refractivity contribution is 14.1. The molecule has 1 aliphatic heterocycles. The molecule has 4 nitrogen and oxygen atoms in total. The Hall–Kier alpha value is -0.920. The maximum Gasteiger partial charge on any atom is 0.265 e. The van der Waals surface area contributed by atoms with Crippen molar-refractivity contribution in [2.24, 2.45) is 4.99 Å². The number of carbonyl (C=O) groups excluding carboxylic acids is 1. The van der Waals surface area contributed by atoms with Crippen molar-refractivity contribution in [3.8, 4) is 0 Å². The summed E-state index contributed by atoms with van der Waals surface area (Å²) in [6.45, 7) is 4.72. The molecule has 0 unspecified atom stereocenters. The highest BCUT2D eigenvalue weighted by atomic mass is 127. The van der Waals surface area contributed by atoms with E-state index in [-0.39, 0.29) is 30.3 Å². The van der Waals surface area contributed by atoms with Gasteiger partial charge in [0, 0.05) is 9.97 Å². The second kappa shape index (κ2) is 6.69. The van der Waals surface area contributed by atoms with E-state index < -0.39 is 0 Å². The standard InChI is InChI=1S/C14H18FIN2O2/c1-9(15)7-12-14(17-2)20-8-13(19)18(12)11-5-3-10(16)4-6-11/h7,10-11H,2-6,8H2,1H3/b9-7+. The summed E-state index contributed by atoms with van der Waals surface area (Å²) in [5, 5.41) is 0. The Labute approximate surface area is 131 Å². The van der Waals surface area contributed by atoms with Crippen LogP contribution < -0.4 is 0 Å². The van der Waals surface area contributed by atoms with Crippen molar-refractivity contribution in [3.05, 3.63) is 23.5 Å². The van der Waals surface area contributed by atoms with E-state index in [2.05, 4.69) is 34.3 Å². The molecular weight excluding hydrogens is 374 g/mol. The Morgan fingerprint density at radius 3 is 2.70 bits per heavy atom. The van der Waals surface area contributed by atoms with E-state index in [0.717, 1.165) is 25.7 Å². The number of hydrogen-bond donors (Lipinski definition) is 0. The number of ether oxygens (including phenoxy) is 1. The summed E-state index contributed by atoms with van der Waals surface area (Å²) in [7, 11) is 0. The zero-order chi connectivity index (χ0) is 14.7. The Kier molecular flexibility index (Phi) is 5.17. The zero-order valence-electron chi connectivity index (χ0n) is 11.4. The van der Waals surface area contributed by atoms with E-state index in [0.29, 0.717) is 9.62 Å². The number of carbonyl (C=O) groups is 1. The molecular formula is C14H18FIN2O2. The average Bonchev–Trinajstić information content (AvgIpc) is 2.40. The minimum Gasteiger partial charge on any atom is -0.466 e. The van der Waals surface area contributed by atoms with Crippen molar-refractivity contribution in [2.75, 3.05) is 6.61 Å². The van der Waals surface area contributed by atoms with E-state index in [1.54, 1.807) is 4.90 Å². The lowest BCUT2D eigenvalue weighted by Crippen LogP contribution is -2.46. The van der Waals surface area contributed by atoms with Crippen LogP contribution in [0.1, 0.15) is 32.6 Å². The van der Waals surface area contributed by atoms with Gasteiger partial charge in [0.05, 0.1) is 5.83 Å². The van der Waals surface area contributed by atoms with Crippen LogP contribution >= 0.6 is 22.6 Å². The van der Waals surface area contributed by atoms with Gasteiger partial charge in [0.25, 0.3) is 5.91 Å². The lowest BCUT2D eigenvalue weighted by atomic mass is 9.93. The molecule has 1 aliphatic carbocycles. The van der Waals surface area contributed by atoms with Crippen LogP contribution in [0.5, 0.6) is 0 Å². The smallest absolute Gasteiger partial charge is 0.265 e. The predicted octanol–water partition coefficient (Wildman–Crippen LogP) is 3.33. The molecule has 0 atom stereocenters. The van der Waals surface area contributed by atoms with E-state index >= 15 is 0 Å². The molecule has 0 bridgehead atoms. The lowest BCUT2D eigenvalue weighted by molar-refractivity contribution is -0.138. The van der Waals surface area contributed by atoms with Crippen LogP contribution in [0.2, 0.25) is 0 Å². The minimum atomic E-state index is -0.382. The van der Waals surface area contributed by atoms with Crippen molar-refractivity contribution >= 4 is 35.2 Å². The molecule has 0 aromatic carbocycles. The summed E-state index contributed by atoms with van der Waals surface area (Å²) in [4.78, 5) is 17.6. The second-order valence-electron chi connectivity index (χ2n) is 5.04. The molecule has 1 amide bonds. The topological polar surface area (TPSA) is 41.9 Å². The van der Waals surface area contributed by atoms with Crippen LogP contribution in [-0.4, -0.2) is 34.1 Å². The van der Waals surface area contributed by atoms with E-state index in [1.165, 1.54) is 13.0 Å². The van der Waals surface area contributed by atoms with Crippen molar-refractivity contribution in [2.45, 2.75) is 42.6 Å². The fraction of sp³-hybridized carbons (Fsp3) is 0.571. The molecule has 0 N–H and O–H groups in total. The van der Waals surface area contributed by atoms with Gasteiger partial charge in [-0.15, -0.1) is 0 Å². The quantitative estimate of drug-likeness (QED) is 0.420. The fourth-order valence-electron chi connectivity index (χ4n) is 2.65. The van der Waals surface area contributed by atoms with Gasteiger partial charge in [0.2, 0.25) is 5.88 Å². The number of alkyl halides is 1. The molecule has 1 fully saturated rings.